The van der Waals surface area contributed by atoms with E-state index in [2.05, 4.69) is 13.2 Å². The van der Waals surface area contributed by atoms with E-state index < -0.39 is 6.92 Å². The Hall–Kier alpha value is -0.955. The lowest BCUT2D eigenvalue weighted by atomic mass is 9.63. The summed E-state index contributed by atoms with van der Waals surface area (Å²) in [5.74, 6) is 0.565. The van der Waals surface area contributed by atoms with E-state index >= 15 is 0 Å². The monoisotopic (exact) mass is 182 g/mol. The normalized spacial score (nSPS) is 9.46. The van der Waals surface area contributed by atoms with E-state index in [9.17, 15) is 0 Å². The Morgan fingerprint density at radius 3 is 2.15 bits per heavy atom. The summed E-state index contributed by atoms with van der Waals surface area (Å²) < 4.78 is 4.94. The standard InChI is InChI=1S/C8H13BO2.C2H6/c1-5-6-8(11-4)7(2)9(3)10;1-2/h5-6,10H,1-2H2,3-4H3;1-2H3/b8-6+;. The predicted octanol–water partition coefficient (Wildman–Crippen LogP) is 2.44. The van der Waals surface area contributed by atoms with Gasteiger partial charge in [-0.1, -0.05) is 39.9 Å². The van der Waals surface area contributed by atoms with Gasteiger partial charge in [0.15, 0.2) is 0 Å². The third-order valence-electron chi connectivity index (χ3n) is 1.31. The zero-order chi connectivity index (χ0) is 10.9. The van der Waals surface area contributed by atoms with E-state index in [1.807, 2.05) is 13.8 Å². The lowest BCUT2D eigenvalue weighted by Crippen LogP contribution is -2.12. The molecule has 0 aliphatic heterocycles. The predicted molar refractivity (Wildman–Crippen MR) is 59.6 cm³/mol. The Morgan fingerprint density at radius 2 is 1.92 bits per heavy atom. The first kappa shape index (κ1) is 14.6. The third-order valence-corrected chi connectivity index (χ3v) is 1.31. The third kappa shape index (κ3) is 6.23. The SMILES string of the molecule is C=C/C=C(/OC)C(=C)B(C)O.CC. The van der Waals surface area contributed by atoms with Crippen molar-refractivity contribution in [2.45, 2.75) is 20.7 Å². The van der Waals surface area contributed by atoms with Crippen LogP contribution in [0.4, 0.5) is 0 Å². The van der Waals surface area contributed by atoms with Crippen LogP contribution in [-0.2, 0) is 4.74 Å². The first-order chi connectivity index (χ1) is 6.13. The van der Waals surface area contributed by atoms with Crippen LogP contribution in [0.5, 0.6) is 0 Å². The maximum atomic E-state index is 9.09. The fourth-order valence-electron chi connectivity index (χ4n) is 0.619. The second-order valence-corrected chi connectivity index (χ2v) is 2.17. The second kappa shape index (κ2) is 9.14. The summed E-state index contributed by atoms with van der Waals surface area (Å²) in [5.41, 5.74) is 0.562. The van der Waals surface area contributed by atoms with Gasteiger partial charge in [-0.3, -0.25) is 0 Å². The second-order valence-electron chi connectivity index (χ2n) is 2.17. The highest BCUT2D eigenvalue weighted by Gasteiger charge is 2.11. The first-order valence-electron chi connectivity index (χ1n) is 4.37. The molecule has 0 amide bonds. The number of allylic oxidation sites excluding steroid dienone is 3. The molecule has 13 heavy (non-hydrogen) atoms. The van der Waals surface area contributed by atoms with Gasteiger partial charge in [0, 0.05) is 0 Å². The van der Waals surface area contributed by atoms with Crippen molar-refractivity contribution in [3.05, 3.63) is 36.5 Å². The molecule has 0 saturated heterocycles. The summed E-state index contributed by atoms with van der Waals surface area (Å²) >= 11 is 0. The van der Waals surface area contributed by atoms with E-state index in [1.165, 1.54) is 7.11 Å². The van der Waals surface area contributed by atoms with Gasteiger partial charge in [-0.2, -0.15) is 0 Å². The van der Waals surface area contributed by atoms with Gasteiger partial charge in [0.2, 0.25) is 0 Å². The molecule has 0 aromatic heterocycles. The first-order valence-corrected chi connectivity index (χ1v) is 4.37. The Balaban J connectivity index is 0. The lowest BCUT2D eigenvalue weighted by Gasteiger charge is -2.08. The maximum absolute atomic E-state index is 9.09. The molecule has 0 radical (unpaired) electrons. The molecule has 0 fully saturated rings. The highest BCUT2D eigenvalue weighted by molar-refractivity contribution is 6.58. The van der Waals surface area contributed by atoms with Crippen molar-refractivity contribution in [3.8, 4) is 0 Å². The molecule has 0 aromatic rings. The van der Waals surface area contributed by atoms with Crippen LogP contribution in [0.15, 0.2) is 36.5 Å². The summed E-state index contributed by atoms with van der Waals surface area (Å²) in [7, 11) is 1.53. The Morgan fingerprint density at radius 1 is 1.46 bits per heavy atom. The molecule has 0 spiro atoms. The highest BCUT2D eigenvalue weighted by Crippen LogP contribution is 2.10. The fraction of sp³-hybridized carbons (Fsp3) is 0.400. The van der Waals surface area contributed by atoms with Crippen LogP contribution in [0.3, 0.4) is 0 Å². The van der Waals surface area contributed by atoms with E-state index in [0.29, 0.717) is 11.2 Å². The summed E-state index contributed by atoms with van der Waals surface area (Å²) in [4.78, 5) is 0. The molecule has 0 unspecified atom stereocenters. The van der Waals surface area contributed by atoms with Crippen LogP contribution in [0, 0.1) is 0 Å². The van der Waals surface area contributed by atoms with Crippen molar-refractivity contribution in [2.75, 3.05) is 7.11 Å². The minimum Gasteiger partial charge on any atom is -0.497 e. The Bertz CT molecular complexity index is 183. The van der Waals surface area contributed by atoms with Crippen LogP contribution >= 0.6 is 0 Å². The molecule has 0 heterocycles. The van der Waals surface area contributed by atoms with Crippen LogP contribution in [0.25, 0.3) is 0 Å². The summed E-state index contributed by atoms with van der Waals surface area (Å²) in [6.45, 7) is 12.2. The van der Waals surface area contributed by atoms with E-state index in [4.69, 9.17) is 9.76 Å². The Kier molecular flexibility index (Phi) is 10.2. The average molecular weight is 182 g/mol. The summed E-state index contributed by atoms with van der Waals surface area (Å²) in [6.07, 6.45) is 3.25. The number of ether oxygens (including phenoxy) is 1. The minimum absolute atomic E-state index is 0.562. The average Bonchev–Trinajstić information content (AvgIpc) is 2.16. The molecule has 0 aliphatic rings. The molecular formula is C10H19BO2. The van der Waals surface area contributed by atoms with Gasteiger partial charge in [0.1, 0.15) is 5.76 Å². The molecule has 74 valence electrons. The summed E-state index contributed by atoms with van der Waals surface area (Å²) in [6, 6.07) is 0. The van der Waals surface area contributed by atoms with E-state index in [1.54, 1.807) is 19.0 Å². The summed E-state index contributed by atoms with van der Waals surface area (Å²) in [5, 5.41) is 9.09. The van der Waals surface area contributed by atoms with Crippen LogP contribution in [0.2, 0.25) is 6.82 Å². The topological polar surface area (TPSA) is 29.5 Å². The molecule has 3 heteroatoms. The minimum atomic E-state index is -0.582. The number of rotatable bonds is 4. The molecule has 0 rings (SSSR count). The fourth-order valence-corrected chi connectivity index (χ4v) is 0.619. The van der Waals surface area contributed by atoms with Crippen LogP contribution in [-0.4, -0.2) is 19.0 Å². The lowest BCUT2D eigenvalue weighted by molar-refractivity contribution is 0.303. The molecule has 0 saturated carbocycles. The molecule has 0 aliphatic carbocycles. The quantitative estimate of drug-likeness (QED) is 0.411. The van der Waals surface area contributed by atoms with Crippen molar-refractivity contribution >= 4 is 6.92 Å². The van der Waals surface area contributed by atoms with Crippen LogP contribution in [0.1, 0.15) is 13.8 Å². The zero-order valence-corrected chi connectivity index (χ0v) is 9.00. The molecule has 2 nitrogen and oxygen atoms in total. The van der Waals surface area contributed by atoms with Gasteiger partial charge in [0.05, 0.1) is 7.11 Å². The number of methoxy groups -OCH3 is 1. The van der Waals surface area contributed by atoms with Gasteiger partial charge in [-0.15, -0.1) is 0 Å². The van der Waals surface area contributed by atoms with E-state index in [0.717, 1.165) is 0 Å². The number of hydrogen-bond donors (Lipinski definition) is 1. The largest absolute Gasteiger partial charge is 0.497 e. The van der Waals surface area contributed by atoms with Gasteiger partial charge >= 0.3 is 6.92 Å². The van der Waals surface area contributed by atoms with Gasteiger partial charge in [0.25, 0.3) is 0 Å². The molecule has 0 atom stereocenters. The van der Waals surface area contributed by atoms with Gasteiger partial charge in [-0.05, 0) is 11.5 Å². The number of hydrogen-bond acceptors (Lipinski definition) is 2. The zero-order valence-electron chi connectivity index (χ0n) is 9.00. The van der Waals surface area contributed by atoms with Crippen LogP contribution < -0.4 is 0 Å². The van der Waals surface area contributed by atoms with Gasteiger partial charge in [-0.25, -0.2) is 0 Å². The van der Waals surface area contributed by atoms with Gasteiger partial charge < -0.3 is 9.76 Å². The van der Waals surface area contributed by atoms with Crippen molar-refractivity contribution < 1.29 is 9.76 Å². The van der Waals surface area contributed by atoms with Crippen molar-refractivity contribution in [3.63, 3.8) is 0 Å². The molecular weight excluding hydrogens is 163 g/mol. The molecule has 1 N–H and O–H groups in total. The highest BCUT2D eigenvalue weighted by atomic mass is 16.5. The van der Waals surface area contributed by atoms with Crippen molar-refractivity contribution in [2.24, 2.45) is 0 Å². The molecule has 0 aromatic carbocycles. The Labute approximate surface area is 81.7 Å². The maximum Gasteiger partial charge on any atom is 0.323 e. The van der Waals surface area contributed by atoms with Crippen molar-refractivity contribution in [1.82, 2.24) is 0 Å². The van der Waals surface area contributed by atoms with Crippen molar-refractivity contribution in [1.29, 1.82) is 0 Å². The van der Waals surface area contributed by atoms with E-state index in [-0.39, 0.29) is 0 Å². The smallest absolute Gasteiger partial charge is 0.323 e. The molecule has 0 bridgehead atoms.